The Balaban J connectivity index is 1.68. The maximum atomic E-state index is 9.90. The van der Waals surface area contributed by atoms with Gasteiger partial charge in [-0.25, -0.2) is 0 Å². The Kier molecular flexibility index (Phi) is 4.03. The molecule has 3 fully saturated rings. The zero-order valence-electron chi connectivity index (χ0n) is 11.3. The van der Waals surface area contributed by atoms with Crippen LogP contribution < -0.4 is 0 Å². The lowest BCUT2D eigenvalue weighted by Crippen LogP contribution is -2.50. The van der Waals surface area contributed by atoms with Crippen LogP contribution in [0, 0.1) is 5.41 Å². The summed E-state index contributed by atoms with van der Waals surface area (Å²) in [6.45, 7) is 1.28. The molecule has 2 unspecified atom stereocenters. The summed E-state index contributed by atoms with van der Waals surface area (Å²) in [7, 11) is 0. The molecule has 2 bridgehead atoms. The summed E-state index contributed by atoms with van der Waals surface area (Å²) in [4.78, 5) is 2.76. The van der Waals surface area contributed by atoms with Crippen LogP contribution in [0.5, 0.6) is 0 Å². The van der Waals surface area contributed by atoms with Crippen molar-refractivity contribution in [3.05, 3.63) is 0 Å². The fourth-order valence-corrected chi connectivity index (χ4v) is 5.26. The van der Waals surface area contributed by atoms with Gasteiger partial charge < -0.3 is 5.11 Å². The number of hydrogen-bond acceptors (Lipinski definition) is 2. The molecule has 1 N–H and O–H groups in total. The monoisotopic (exact) mass is 315 g/mol. The van der Waals surface area contributed by atoms with Gasteiger partial charge in [0.15, 0.2) is 0 Å². The van der Waals surface area contributed by atoms with Gasteiger partial charge in [0.2, 0.25) is 0 Å². The molecular formula is C15H26BrNO. The van der Waals surface area contributed by atoms with Crippen LogP contribution in [0.25, 0.3) is 0 Å². The highest BCUT2D eigenvalue weighted by Gasteiger charge is 2.44. The largest absolute Gasteiger partial charge is 0.393 e. The van der Waals surface area contributed by atoms with Crippen molar-refractivity contribution >= 4 is 15.9 Å². The van der Waals surface area contributed by atoms with Gasteiger partial charge >= 0.3 is 0 Å². The molecule has 3 heteroatoms. The molecule has 3 rings (SSSR count). The van der Waals surface area contributed by atoms with E-state index >= 15 is 0 Å². The predicted molar refractivity (Wildman–Crippen MR) is 78.1 cm³/mol. The molecule has 3 aliphatic rings. The summed E-state index contributed by atoms with van der Waals surface area (Å²) in [5, 5.41) is 11.1. The first kappa shape index (κ1) is 13.4. The smallest absolute Gasteiger partial charge is 0.0570 e. The lowest BCUT2D eigenvalue weighted by atomic mass is 9.74. The third kappa shape index (κ3) is 2.51. The van der Waals surface area contributed by atoms with Crippen LogP contribution in [0.4, 0.5) is 0 Å². The molecule has 0 aromatic heterocycles. The average Bonchev–Trinajstić information content (AvgIpc) is 2.62. The molecule has 0 spiro atoms. The SMILES string of the molecule is OC1CC2CCC(C1)N2CC1(CBr)CCCCC1. The first-order chi connectivity index (χ1) is 8.72. The zero-order chi connectivity index (χ0) is 12.6. The number of rotatable bonds is 3. The first-order valence-electron chi connectivity index (χ1n) is 7.72. The van der Waals surface area contributed by atoms with Gasteiger partial charge in [0.05, 0.1) is 6.10 Å². The number of halogens is 1. The van der Waals surface area contributed by atoms with Gasteiger partial charge in [-0.2, -0.15) is 0 Å². The highest BCUT2D eigenvalue weighted by Crippen LogP contribution is 2.43. The number of aliphatic hydroxyl groups excluding tert-OH is 1. The van der Waals surface area contributed by atoms with Crippen molar-refractivity contribution in [2.24, 2.45) is 5.41 Å². The van der Waals surface area contributed by atoms with Crippen molar-refractivity contribution in [1.29, 1.82) is 0 Å². The summed E-state index contributed by atoms with van der Waals surface area (Å²) in [5.74, 6) is 0. The van der Waals surface area contributed by atoms with Gasteiger partial charge in [-0.1, -0.05) is 35.2 Å². The molecule has 2 heterocycles. The Hall–Kier alpha value is 0.400. The standard InChI is InChI=1S/C15H26BrNO/c16-10-15(6-2-1-3-7-15)11-17-12-4-5-13(17)9-14(18)8-12/h12-14,18H,1-11H2. The molecule has 2 atom stereocenters. The van der Waals surface area contributed by atoms with Crippen LogP contribution in [0.1, 0.15) is 57.8 Å². The van der Waals surface area contributed by atoms with Crippen LogP contribution in [-0.4, -0.2) is 40.1 Å². The van der Waals surface area contributed by atoms with Gasteiger partial charge in [-0.3, -0.25) is 4.90 Å². The summed E-state index contributed by atoms with van der Waals surface area (Å²) < 4.78 is 0. The first-order valence-corrected chi connectivity index (χ1v) is 8.84. The number of hydrogen-bond donors (Lipinski definition) is 1. The fourth-order valence-electron chi connectivity index (χ4n) is 4.53. The molecule has 1 aliphatic carbocycles. The Bertz CT molecular complexity index is 276. The second-order valence-electron chi connectivity index (χ2n) is 6.88. The van der Waals surface area contributed by atoms with E-state index in [1.807, 2.05) is 0 Å². The van der Waals surface area contributed by atoms with Gasteiger partial charge in [0.25, 0.3) is 0 Å². The minimum absolute atomic E-state index is 0.0231. The third-order valence-electron chi connectivity index (χ3n) is 5.58. The number of nitrogens with zero attached hydrogens (tertiary/aromatic N) is 1. The molecule has 2 saturated heterocycles. The minimum atomic E-state index is -0.0231. The van der Waals surface area contributed by atoms with Crippen molar-refractivity contribution in [3.8, 4) is 0 Å². The van der Waals surface area contributed by atoms with E-state index in [9.17, 15) is 5.11 Å². The van der Waals surface area contributed by atoms with E-state index in [-0.39, 0.29) is 6.10 Å². The van der Waals surface area contributed by atoms with Gasteiger partial charge in [0, 0.05) is 24.0 Å². The molecular weight excluding hydrogens is 290 g/mol. The van der Waals surface area contributed by atoms with Crippen LogP contribution in [-0.2, 0) is 0 Å². The zero-order valence-corrected chi connectivity index (χ0v) is 12.9. The van der Waals surface area contributed by atoms with Gasteiger partial charge in [-0.05, 0) is 43.9 Å². The number of alkyl halides is 1. The molecule has 0 aromatic carbocycles. The van der Waals surface area contributed by atoms with E-state index in [1.165, 1.54) is 56.8 Å². The van der Waals surface area contributed by atoms with Crippen LogP contribution in [0.3, 0.4) is 0 Å². The normalized spacial score (nSPS) is 40.0. The second kappa shape index (κ2) is 5.41. The van der Waals surface area contributed by atoms with E-state index in [2.05, 4.69) is 20.8 Å². The van der Waals surface area contributed by atoms with E-state index < -0.39 is 0 Å². The molecule has 0 amide bonds. The predicted octanol–water partition coefficient (Wildman–Crippen LogP) is 3.32. The molecule has 2 aliphatic heterocycles. The van der Waals surface area contributed by atoms with E-state index in [0.29, 0.717) is 17.5 Å². The third-order valence-corrected chi connectivity index (χ3v) is 6.76. The fraction of sp³-hybridized carbons (Fsp3) is 1.00. The Labute approximate surface area is 119 Å². The average molecular weight is 316 g/mol. The van der Waals surface area contributed by atoms with Crippen molar-refractivity contribution in [2.75, 3.05) is 11.9 Å². The van der Waals surface area contributed by atoms with Crippen LogP contribution >= 0.6 is 15.9 Å². The van der Waals surface area contributed by atoms with Crippen LogP contribution in [0.15, 0.2) is 0 Å². The van der Waals surface area contributed by atoms with Crippen molar-refractivity contribution < 1.29 is 5.11 Å². The molecule has 2 nitrogen and oxygen atoms in total. The van der Waals surface area contributed by atoms with E-state index in [4.69, 9.17) is 0 Å². The minimum Gasteiger partial charge on any atom is -0.393 e. The van der Waals surface area contributed by atoms with Crippen molar-refractivity contribution in [3.63, 3.8) is 0 Å². The lowest BCUT2D eigenvalue weighted by molar-refractivity contribution is 0.00629. The maximum Gasteiger partial charge on any atom is 0.0570 e. The van der Waals surface area contributed by atoms with Gasteiger partial charge in [-0.15, -0.1) is 0 Å². The van der Waals surface area contributed by atoms with E-state index in [0.717, 1.165) is 12.8 Å². The summed E-state index contributed by atoms with van der Waals surface area (Å²) in [6, 6.07) is 1.35. The van der Waals surface area contributed by atoms with Crippen molar-refractivity contribution in [2.45, 2.75) is 76.0 Å². The van der Waals surface area contributed by atoms with E-state index in [1.54, 1.807) is 0 Å². The molecule has 104 valence electrons. The number of aliphatic hydroxyl groups is 1. The molecule has 18 heavy (non-hydrogen) atoms. The molecule has 0 radical (unpaired) electrons. The Morgan fingerprint density at radius 1 is 1.06 bits per heavy atom. The van der Waals surface area contributed by atoms with Gasteiger partial charge in [0.1, 0.15) is 0 Å². The van der Waals surface area contributed by atoms with Crippen molar-refractivity contribution in [1.82, 2.24) is 4.90 Å². The highest BCUT2D eigenvalue weighted by molar-refractivity contribution is 9.09. The summed E-state index contributed by atoms with van der Waals surface area (Å²) >= 11 is 3.79. The van der Waals surface area contributed by atoms with Crippen LogP contribution in [0.2, 0.25) is 0 Å². The molecule has 1 saturated carbocycles. The highest BCUT2D eigenvalue weighted by atomic mass is 79.9. The maximum absolute atomic E-state index is 9.90. The Morgan fingerprint density at radius 3 is 2.22 bits per heavy atom. The number of piperidine rings is 1. The number of fused-ring (bicyclic) bond motifs is 2. The Morgan fingerprint density at radius 2 is 1.67 bits per heavy atom. The second-order valence-corrected chi connectivity index (χ2v) is 7.44. The summed E-state index contributed by atoms with van der Waals surface area (Å²) in [6.07, 6.45) is 11.7. The topological polar surface area (TPSA) is 23.5 Å². The lowest BCUT2D eigenvalue weighted by Gasteiger charge is -2.45. The molecule has 0 aromatic rings. The summed E-state index contributed by atoms with van der Waals surface area (Å²) in [5.41, 5.74) is 0.529. The quantitative estimate of drug-likeness (QED) is 0.808.